The molecule has 0 spiro atoms. The Morgan fingerprint density at radius 3 is 2.37 bits per heavy atom. The highest BCUT2D eigenvalue weighted by Gasteiger charge is 2.23. The minimum atomic E-state index is -3.84. The molecule has 0 unspecified atom stereocenters. The first-order valence-corrected chi connectivity index (χ1v) is 10.5. The summed E-state index contributed by atoms with van der Waals surface area (Å²) in [5.74, 6) is -1.14. The fourth-order valence-electron chi connectivity index (χ4n) is 2.89. The van der Waals surface area contributed by atoms with E-state index in [1.807, 2.05) is 30.3 Å². The highest BCUT2D eigenvalue weighted by Crippen LogP contribution is 2.29. The van der Waals surface area contributed by atoms with E-state index in [0.717, 1.165) is 5.56 Å². The number of hydrogen-bond donors (Lipinski definition) is 1. The molecule has 0 bridgehead atoms. The molecule has 6 nitrogen and oxygen atoms in total. The Kier molecular flexibility index (Phi) is 6.49. The quantitative estimate of drug-likeness (QED) is 0.619. The maximum atomic E-state index is 13.9. The van der Waals surface area contributed by atoms with Crippen LogP contribution in [0.4, 0.5) is 10.1 Å². The minimum Gasteiger partial charge on any atom is -0.495 e. The van der Waals surface area contributed by atoms with E-state index in [1.165, 1.54) is 60.9 Å². The molecule has 0 aliphatic heterocycles. The van der Waals surface area contributed by atoms with Crippen LogP contribution >= 0.6 is 0 Å². The van der Waals surface area contributed by atoms with Crippen molar-refractivity contribution in [3.8, 4) is 5.75 Å². The lowest BCUT2D eigenvalue weighted by atomic mass is 10.2. The van der Waals surface area contributed by atoms with Crippen LogP contribution in [0.15, 0.2) is 77.7 Å². The number of sulfonamides is 1. The number of halogens is 1. The third-order valence-electron chi connectivity index (χ3n) is 4.49. The van der Waals surface area contributed by atoms with Gasteiger partial charge in [0, 0.05) is 13.6 Å². The Morgan fingerprint density at radius 2 is 1.70 bits per heavy atom. The summed E-state index contributed by atoms with van der Waals surface area (Å²) in [7, 11) is -0.972. The molecular weight excluding hydrogens is 407 g/mol. The zero-order valence-electron chi connectivity index (χ0n) is 16.5. The largest absolute Gasteiger partial charge is 0.495 e. The summed E-state index contributed by atoms with van der Waals surface area (Å²) in [5, 5.41) is 2.53. The summed E-state index contributed by atoms with van der Waals surface area (Å²) >= 11 is 0. The number of carbonyl (C=O) groups is 1. The molecule has 0 radical (unpaired) electrons. The fraction of sp³-hybridized carbons (Fsp3) is 0.136. The van der Waals surface area contributed by atoms with Gasteiger partial charge in [-0.1, -0.05) is 42.5 Å². The van der Waals surface area contributed by atoms with E-state index < -0.39 is 21.7 Å². The van der Waals surface area contributed by atoms with Crippen molar-refractivity contribution in [2.45, 2.75) is 11.4 Å². The SMILES string of the molecule is COc1ccc(S(=O)(=O)N(C)Cc2ccccc2)cc1NC(=O)c1ccccc1F. The van der Waals surface area contributed by atoms with E-state index in [0.29, 0.717) is 0 Å². The zero-order valence-corrected chi connectivity index (χ0v) is 17.3. The number of nitrogens with one attached hydrogen (secondary N) is 1. The van der Waals surface area contributed by atoms with Gasteiger partial charge in [0.15, 0.2) is 0 Å². The average Bonchev–Trinajstić information content (AvgIpc) is 2.74. The van der Waals surface area contributed by atoms with Crippen LogP contribution in [0.25, 0.3) is 0 Å². The molecule has 3 aromatic carbocycles. The molecule has 8 heteroatoms. The first-order valence-electron chi connectivity index (χ1n) is 9.07. The number of ether oxygens (including phenoxy) is 1. The molecule has 1 N–H and O–H groups in total. The molecule has 0 aliphatic carbocycles. The third kappa shape index (κ3) is 4.67. The molecule has 0 atom stereocenters. The number of carbonyl (C=O) groups excluding carboxylic acids is 1. The van der Waals surface area contributed by atoms with Gasteiger partial charge in [0.25, 0.3) is 5.91 Å². The van der Waals surface area contributed by atoms with Crippen LogP contribution in [-0.4, -0.2) is 32.8 Å². The predicted molar refractivity (Wildman–Crippen MR) is 112 cm³/mol. The van der Waals surface area contributed by atoms with Crippen LogP contribution in [0, 0.1) is 5.82 Å². The first kappa shape index (κ1) is 21.5. The van der Waals surface area contributed by atoms with Gasteiger partial charge in [0.2, 0.25) is 10.0 Å². The van der Waals surface area contributed by atoms with Crippen LogP contribution < -0.4 is 10.1 Å². The number of rotatable bonds is 7. The van der Waals surface area contributed by atoms with Gasteiger partial charge in [-0.15, -0.1) is 0 Å². The molecule has 1 amide bonds. The van der Waals surface area contributed by atoms with E-state index in [9.17, 15) is 17.6 Å². The van der Waals surface area contributed by atoms with Crippen LogP contribution in [-0.2, 0) is 16.6 Å². The van der Waals surface area contributed by atoms with Crippen LogP contribution in [0.2, 0.25) is 0 Å². The number of anilines is 1. The lowest BCUT2D eigenvalue weighted by Crippen LogP contribution is -2.26. The number of nitrogens with zero attached hydrogens (tertiary/aromatic N) is 1. The van der Waals surface area contributed by atoms with Crippen molar-refractivity contribution in [3.05, 3.63) is 89.7 Å². The Labute approximate surface area is 175 Å². The normalized spacial score (nSPS) is 11.3. The van der Waals surface area contributed by atoms with Gasteiger partial charge in [-0.2, -0.15) is 4.31 Å². The van der Waals surface area contributed by atoms with Gasteiger partial charge in [0.1, 0.15) is 11.6 Å². The maximum Gasteiger partial charge on any atom is 0.258 e. The molecule has 0 saturated heterocycles. The molecule has 3 aromatic rings. The maximum absolute atomic E-state index is 13.9. The fourth-order valence-corrected chi connectivity index (χ4v) is 4.07. The number of hydrogen-bond acceptors (Lipinski definition) is 4. The lowest BCUT2D eigenvalue weighted by molar-refractivity contribution is 0.102. The van der Waals surface area contributed by atoms with Gasteiger partial charge in [0.05, 0.1) is 23.3 Å². The van der Waals surface area contributed by atoms with Gasteiger partial charge >= 0.3 is 0 Å². The van der Waals surface area contributed by atoms with Crippen molar-refractivity contribution >= 4 is 21.6 Å². The molecule has 3 rings (SSSR count). The summed E-state index contributed by atoms with van der Waals surface area (Å²) in [6.07, 6.45) is 0. The second kappa shape index (κ2) is 9.06. The predicted octanol–water partition coefficient (Wildman–Crippen LogP) is 3.91. The summed E-state index contributed by atoms with van der Waals surface area (Å²) in [5.41, 5.74) is 0.805. The van der Waals surface area contributed by atoms with E-state index in [4.69, 9.17) is 4.74 Å². The standard InChI is InChI=1S/C22H21FN2O4S/c1-25(15-16-8-4-3-5-9-16)30(27,28)17-12-13-21(29-2)20(14-17)24-22(26)18-10-6-7-11-19(18)23/h3-14H,15H2,1-2H3,(H,24,26). The molecule has 0 saturated carbocycles. The molecule has 0 heterocycles. The number of benzene rings is 3. The van der Waals surface area contributed by atoms with Gasteiger partial charge in [-0.3, -0.25) is 4.79 Å². The van der Waals surface area contributed by atoms with Crippen molar-refractivity contribution in [1.82, 2.24) is 4.31 Å². The van der Waals surface area contributed by atoms with E-state index in [1.54, 1.807) is 0 Å². The van der Waals surface area contributed by atoms with Gasteiger partial charge in [-0.05, 0) is 35.9 Å². The van der Waals surface area contributed by atoms with Crippen molar-refractivity contribution in [1.29, 1.82) is 0 Å². The van der Waals surface area contributed by atoms with E-state index in [-0.39, 0.29) is 28.4 Å². The molecular formula is C22H21FN2O4S. The van der Waals surface area contributed by atoms with Gasteiger partial charge < -0.3 is 10.1 Å². The smallest absolute Gasteiger partial charge is 0.258 e. The van der Waals surface area contributed by atoms with Crippen molar-refractivity contribution in [3.63, 3.8) is 0 Å². The van der Waals surface area contributed by atoms with Gasteiger partial charge in [-0.25, -0.2) is 12.8 Å². The zero-order chi connectivity index (χ0) is 21.7. The molecule has 0 aliphatic rings. The molecule has 156 valence electrons. The summed E-state index contributed by atoms with van der Waals surface area (Å²) in [6.45, 7) is 0.187. The van der Waals surface area contributed by atoms with Crippen LogP contribution in [0.1, 0.15) is 15.9 Å². The van der Waals surface area contributed by atoms with Crippen molar-refractivity contribution in [2.24, 2.45) is 0 Å². The van der Waals surface area contributed by atoms with Crippen LogP contribution in [0.3, 0.4) is 0 Å². The monoisotopic (exact) mass is 428 g/mol. The minimum absolute atomic E-state index is 0.0226. The Bertz CT molecular complexity index is 1150. The van der Waals surface area contributed by atoms with Crippen molar-refractivity contribution < 1.29 is 22.3 Å². The molecule has 0 aromatic heterocycles. The lowest BCUT2D eigenvalue weighted by Gasteiger charge is -2.19. The van der Waals surface area contributed by atoms with E-state index >= 15 is 0 Å². The number of amides is 1. The Hall–Kier alpha value is -3.23. The average molecular weight is 428 g/mol. The second-order valence-corrected chi connectivity index (χ2v) is 8.59. The highest BCUT2D eigenvalue weighted by molar-refractivity contribution is 7.89. The second-order valence-electron chi connectivity index (χ2n) is 6.54. The topological polar surface area (TPSA) is 75.7 Å². The number of methoxy groups -OCH3 is 1. The summed E-state index contributed by atoms with van der Waals surface area (Å²) in [6, 6.07) is 18.8. The van der Waals surface area contributed by atoms with Crippen LogP contribution in [0.5, 0.6) is 5.75 Å². The highest BCUT2D eigenvalue weighted by atomic mass is 32.2. The Balaban J connectivity index is 1.89. The molecule has 30 heavy (non-hydrogen) atoms. The summed E-state index contributed by atoms with van der Waals surface area (Å²) in [4.78, 5) is 12.4. The Morgan fingerprint density at radius 1 is 1.03 bits per heavy atom. The molecule has 0 fully saturated rings. The van der Waals surface area contributed by atoms with E-state index in [2.05, 4.69) is 5.32 Å². The third-order valence-corrected chi connectivity index (χ3v) is 6.29. The summed E-state index contributed by atoms with van der Waals surface area (Å²) < 4.78 is 46.4. The first-order chi connectivity index (χ1) is 14.3. The van der Waals surface area contributed by atoms with Crippen molar-refractivity contribution in [2.75, 3.05) is 19.5 Å².